The molecule has 20 heavy (non-hydrogen) atoms. The van der Waals surface area contributed by atoms with Gasteiger partial charge in [0, 0.05) is 5.54 Å². The summed E-state index contributed by atoms with van der Waals surface area (Å²) in [5.41, 5.74) is 1.30. The van der Waals surface area contributed by atoms with E-state index in [2.05, 4.69) is 56.8 Å². The van der Waals surface area contributed by atoms with Crippen molar-refractivity contribution in [1.29, 1.82) is 0 Å². The highest BCUT2D eigenvalue weighted by Crippen LogP contribution is 2.17. The van der Waals surface area contributed by atoms with E-state index in [1.54, 1.807) is 0 Å². The summed E-state index contributed by atoms with van der Waals surface area (Å²) in [5, 5.41) is 3.46. The van der Waals surface area contributed by atoms with Crippen molar-refractivity contribution in [2.24, 2.45) is 0 Å². The maximum atomic E-state index is 5.96. The Bertz CT molecular complexity index is 449. The third-order valence-corrected chi connectivity index (χ3v) is 3.09. The minimum absolute atomic E-state index is 0.0944. The van der Waals surface area contributed by atoms with Crippen LogP contribution in [0.15, 0.2) is 10.5 Å². The molecule has 0 aromatic carbocycles. The summed E-state index contributed by atoms with van der Waals surface area (Å²) in [6, 6.07) is 2.12. The third-order valence-electron chi connectivity index (χ3n) is 3.09. The summed E-state index contributed by atoms with van der Waals surface area (Å²) < 4.78 is 5.96. The van der Waals surface area contributed by atoms with Gasteiger partial charge in [-0.3, -0.25) is 4.90 Å². The maximum absolute atomic E-state index is 5.96. The van der Waals surface area contributed by atoms with E-state index in [0.717, 1.165) is 37.6 Å². The van der Waals surface area contributed by atoms with Crippen LogP contribution < -0.4 is 5.32 Å². The van der Waals surface area contributed by atoms with Crippen LogP contribution in [0.5, 0.6) is 0 Å². The minimum Gasteiger partial charge on any atom is -0.463 e. The van der Waals surface area contributed by atoms with E-state index in [1.807, 2.05) is 0 Å². The molecule has 0 saturated heterocycles. The quantitative estimate of drug-likeness (QED) is 0.774. The molecule has 0 unspecified atom stereocenters. The van der Waals surface area contributed by atoms with E-state index in [0.29, 0.717) is 6.54 Å². The molecule has 0 spiro atoms. The fraction of sp³-hybridized carbons (Fsp3) is 0.647. The highest BCUT2D eigenvalue weighted by molar-refractivity contribution is 5.20. The zero-order valence-electron chi connectivity index (χ0n) is 13.5. The number of hydrogen-bond donors (Lipinski definition) is 1. The molecule has 3 heteroatoms. The van der Waals surface area contributed by atoms with Gasteiger partial charge in [-0.15, -0.1) is 6.42 Å². The van der Waals surface area contributed by atoms with Crippen LogP contribution in [-0.4, -0.2) is 23.5 Å². The van der Waals surface area contributed by atoms with E-state index in [-0.39, 0.29) is 5.54 Å². The molecule has 0 atom stereocenters. The van der Waals surface area contributed by atoms with Gasteiger partial charge in [-0.05, 0) is 52.3 Å². The van der Waals surface area contributed by atoms with Gasteiger partial charge >= 0.3 is 0 Å². The molecule has 0 aliphatic heterocycles. The minimum atomic E-state index is 0.0944. The zero-order valence-corrected chi connectivity index (χ0v) is 13.5. The average Bonchev–Trinajstić information content (AvgIpc) is 2.67. The lowest BCUT2D eigenvalue weighted by Crippen LogP contribution is -2.35. The Hall–Kier alpha value is -1.24. The Morgan fingerprint density at radius 3 is 2.65 bits per heavy atom. The van der Waals surface area contributed by atoms with Gasteiger partial charge in [0.05, 0.1) is 19.6 Å². The number of nitrogens with zero attached hydrogens (tertiary/aromatic N) is 1. The van der Waals surface area contributed by atoms with Crippen LogP contribution in [0, 0.1) is 19.3 Å². The lowest BCUT2D eigenvalue weighted by molar-refractivity contribution is 0.266. The first kappa shape index (κ1) is 16.8. The van der Waals surface area contributed by atoms with E-state index in [4.69, 9.17) is 10.8 Å². The predicted molar refractivity (Wildman–Crippen MR) is 84.4 cm³/mol. The number of nitrogens with one attached hydrogen (secondary N) is 1. The van der Waals surface area contributed by atoms with Crippen LogP contribution in [-0.2, 0) is 13.1 Å². The summed E-state index contributed by atoms with van der Waals surface area (Å²) in [5.74, 6) is 4.73. The third kappa shape index (κ3) is 5.81. The summed E-state index contributed by atoms with van der Waals surface area (Å²) in [4.78, 5) is 2.24. The second-order valence-electron chi connectivity index (χ2n) is 6.34. The summed E-state index contributed by atoms with van der Waals surface area (Å²) in [7, 11) is 0. The standard InChI is InChI=1S/C17H28N2O/c1-7-9-19(10-8-2)13-15-11-14(3)16(20-15)12-18-17(4,5)6/h1,11,18H,8-10,12-13H2,2-6H3. The molecule has 1 aromatic heterocycles. The van der Waals surface area contributed by atoms with Gasteiger partial charge in [0.25, 0.3) is 0 Å². The van der Waals surface area contributed by atoms with Gasteiger partial charge in [-0.2, -0.15) is 0 Å². The van der Waals surface area contributed by atoms with Gasteiger partial charge in [0.2, 0.25) is 0 Å². The highest BCUT2D eigenvalue weighted by Gasteiger charge is 2.14. The van der Waals surface area contributed by atoms with Crippen LogP contribution >= 0.6 is 0 Å². The normalized spacial score (nSPS) is 11.8. The van der Waals surface area contributed by atoms with Gasteiger partial charge < -0.3 is 9.73 Å². The van der Waals surface area contributed by atoms with Crippen LogP contribution in [0.1, 0.15) is 51.2 Å². The zero-order chi connectivity index (χ0) is 15.2. The summed E-state index contributed by atoms with van der Waals surface area (Å²) >= 11 is 0. The van der Waals surface area contributed by atoms with Crippen molar-refractivity contribution in [2.75, 3.05) is 13.1 Å². The molecular formula is C17H28N2O. The summed E-state index contributed by atoms with van der Waals surface area (Å²) in [6.45, 7) is 13.9. The fourth-order valence-corrected chi connectivity index (χ4v) is 2.07. The van der Waals surface area contributed by atoms with Gasteiger partial charge in [-0.25, -0.2) is 0 Å². The van der Waals surface area contributed by atoms with E-state index in [9.17, 15) is 0 Å². The first-order valence-electron chi connectivity index (χ1n) is 7.34. The lowest BCUT2D eigenvalue weighted by Gasteiger charge is -2.20. The smallest absolute Gasteiger partial charge is 0.120 e. The molecular weight excluding hydrogens is 248 g/mol. The van der Waals surface area contributed by atoms with Crippen molar-refractivity contribution in [3.8, 4) is 12.3 Å². The SMILES string of the molecule is C#CCN(CCC)Cc1cc(C)c(CNC(C)(C)C)o1. The van der Waals surface area contributed by atoms with Gasteiger partial charge in [-0.1, -0.05) is 12.8 Å². The maximum Gasteiger partial charge on any atom is 0.120 e. The molecule has 112 valence electrons. The largest absolute Gasteiger partial charge is 0.463 e. The van der Waals surface area contributed by atoms with Gasteiger partial charge in [0.1, 0.15) is 11.5 Å². The molecule has 1 rings (SSSR count). The van der Waals surface area contributed by atoms with Crippen molar-refractivity contribution in [3.05, 3.63) is 23.2 Å². The number of terminal acetylenes is 1. The first-order valence-corrected chi connectivity index (χ1v) is 7.34. The molecule has 0 amide bonds. The van der Waals surface area contributed by atoms with Crippen molar-refractivity contribution < 1.29 is 4.42 Å². The highest BCUT2D eigenvalue weighted by atomic mass is 16.3. The fourth-order valence-electron chi connectivity index (χ4n) is 2.07. The molecule has 1 N–H and O–H groups in total. The molecule has 3 nitrogen and oxygen atoms in total. The predicted octanol–water partition coefficient (Wildman–Crippen LogP) is 3.32. The van der Waals surface area contributed by atoms with Crippen molar-refractivity contribution >= 4 is 0 Å². The molecule has 0 aliphatic carbocycles. The molecule has 1 heterocycles. The number of aryl methyl sites for hydroxylation is 1. The number of rotatable bonds is 7. The average molecular weight is 276 g/mol. The first-order chi connectivity index (χ1) is 9.35. The van der Waals surface area contributed by atoms with E-state index >= 15 is 0 Å². The van der Waals surface area contributed by atoms with Gasteiger partial charge in [0.15, 0.2) is 0 Å². The second-order valence-corrected chi connectivity index (χ2v) is 6.34. The van der Waals surface area contributed by atoms with Crippen molar-refractivity contribution in [2.45, 2.75) is 59.7 Å². The number of hydrogen-bond acceptors (Lipinski definition) is 3. The monoisotopic (exact) mass is 276 g/mol. The molecule has 0 bridgehead atoms. The Morgan fingerprint density at radius 1 is 1.40 bits per heavy atom. The van der Waals surface area contributed by atoms with Crippen molar-refractivity contribution in [3.63, 3.8) is 0 Å². The van der Waals surface area contributed by atoms with Crippen LogP contribution in [0.3, 0.4) is 0 Å². The molecule has 0 fully saturated rings. The number of furan rings is 1. The van der Waals surface area contributed by atoms with Crippen LogP contribution in [0.2, 0.25) is 0 Å². The van der Waals surface area contributed by atoms with Crippen molar-refractivity contribution in [1.82, 2.24) is 10.2 Å². The summed E-state index contributed by atoms with van der Waals surface area (Å²) in [6.07, 6.45) is 6.51. The Balaban J connectivity index is 2.66. The Labute approximate surface area is 123 Å². The van der Waals surface area contributed by atoms with Crippen LogP contribution in [0.25, 0.3) is 0 Å². The topological polar surface area (TPSA) is 28.4 Å². The Kier molecular flexibility index (Phi) is 6.32. The molecule has 0 aliphatic rings. The van der Waals surface area contributed by atoms with Crippen LogP contribution in [0.4, 0.5) is 0 Å². The van der Waals surface area contributed by atoms with E-state index < -0.39 is 0 Å². The lowest BCUT2D eigenvalue weighted by atomic mass is 10.1. The molecule has 0 saturated carbocycles. The Morgan fingerprint density at radius 2 is 2.10 bits per heavy atom. The molecule has 1 aromatic rings. The second kappa shape index (κ2) is 7.52. The molecule has 0 radical (unpaired) electrons. The van der Waals surface area contributed by atoms with E-state index in [1.165, 1.54) is 5.56 Å².